The van der Waals surface area contributed by atoms with Crippen molar-refractivity contribution in [2.75, 3.05) is 0 Å². The van der Waals surface area contributed by atoms with Gasteiger partial charge in [-0.1, -0.05) is 6.58 Å². The number of aliphatic carboxylic acids is 1. The Hall–Kier alpha value is -1.39. The van der Waals surface area contributed by atoms with Crippen LogP contribution in [0.5, 0.6) is 0 Å². The monoisotopic (exact) mass is 204 g/mol. The average molecular weight is 204 g/mol. The van der Waals surface area contributed by atoms with Crippen molar-refractivity contribution in [3.63, 3.8) is 0 Å². The Balaban J connectivity index is 4.49. The molecule has 1 N–H and O–H groups in total. The van der Waals surface area contributed by atoms with Crippen molar-refractivity contribution < 1.29 is 23.8 Å². The van der Waals surface area contributed by atoms with E-state index in [0.717, 1.165) is 6.92 Å². The van der Waals surface area contributed by atoms with Crippen LogP contribution in [0.25, 0.3) is 0 Å². The first-order chi connectivity index (χ1) is 6.19. The molecule has 0 rings (SSSR count). The van der Waals surface area contributed by atoms with Crippen molar-refractivity contribution in [2.24, 2.45) is 0 Å². The molecule has 2 unspecified atom stereocenters. The first-order valence-electron chi connectivity index (χ1n) is 3.98. The molecule has 0 amide bonds. The van der Waals surface area contributed by atoms with Crippen molar-refractivity contribution in [1.82, 2.24) is 0 Å². The summed E-state index contributed by atoms with van der Waals surface area (Å²) in [5, 5.41) is 8.47. The minimum Gasteiger partial charge on any atom is -0.479 e. The molecule has 14 heavy (non-hydrogen) atoms. The van der Waals surface area contributed by atoms with Gasteiger partial charge in [0, 0.05) is 5.57 Å². The highest BCUT2D eigenvalue weighted by Gasteiger charge is 2.41. The molecule has 0 radical (unpaired) electrons. The summed E-state index contributed by atoms with van der Waals surface area (Å²) in [5.74, 6) is -2.47. The Labute approximate surface area is 81.4 Å². The van der Waals surface area contributed by atoms with Gasteiger partial charge in [0.15, 0.2) is 0 Å². The van der Waals surface area contributed by atoms with E-state index in [1.54, 1.807) is 0 Å². The molecular weight excluding hydrogens is 191 g/mol. The molecule has 0 aliphatic carbocycles. The van der Waals surface area contributed by atoms with Gasteiger partial charge in [-0.15, -0.1) is 0 Å². The van der Waals surface area contributed by atoms with Crippen molar-refractivity contribution >= 4 is 11.9 Å². The van der Waals surface area contributed by atoms with Crippen LogP contribution < -0.4 is 0 Å². The number of carbonyl (C=O) groups excluding carboxylic acids is 1. The van der Waals surface area contributed by atoms with Gasteiger partial charge in [-0.3, -0.25) is 0 Å². The zero-order valence-electron chi connectivity index (χ0n) is 8.33. The fourth-order valence-electron chi connectivity index (χ4n) is 0.546. The van der Waals surface area contributed by atoms with Gasteiger partial charge in [-0.2, -0.15) is 0 Å². The quantitative estimate of drug-likeness (QED) is 0.554. The van der Waals surface area contributed by atoms with E-state index in [1.807, 2.05) is 0 Å². The number of hydrogen-bond donors (Lipinski definition) is 1. The van der Waals surface area contributed by atoms with E-state index in [0.29, 0.717) is 0 Å². The van der Waals surface area contributed by atoms with Gasteiger partial charge < -0.3 is 9.84 Å². The second kappa shape index (κ2) is 4.21. The molecule has 0 aromatic rings. The predicted octanol–water partition coefficient (Wildman–Crippen LogP) is 1.31. The lowest BCUT2D eigenvalue weighted by molar-refractivity contribution is -0.166. The molecule has 0 heterocycles. The number of hydrogen-bond acceptors (Lipinski definition) is 3. The number of carbonyl (C=O) groups is 2. The van der Waals surface area contributed by atoms with E-state index in [9.17, 15) is 14.0 Å². The van der Waals surface area contributed by atoms with Gasteiger partial charge in [0.2, 0.25) is 5.67 Å². The normalized spacial score (nSPS) is 16.6. The van der Waals surface area contributed by atoms with Gasteiger partial charge in [0.1, 0.15) is 6.10 Å². The standard InChI is InChI=1S/C9H13FO4/c1-5(2)7(11)14-6(3)9(4,10)8(12)13/h6H,1H2,2-4H3,(H,12,13). The number of halogens is 1. The van der Waals surface area contributed by atoms with Crippen molar-refractivity contribution in [2.45, 2.75) is 32.5 Å². The lowest BCUT2D eigenvalue weighted by atomic mass is 10.0. The second-order valence-corrected chi connectivity index (χ2v) is 3.21. The van der Waals surface area contributed by atoms with Crippen molar-refractivity contribution in [3.05, 3.63) is 12.2 Å². The summed E-state index contributed by atoms with van der Waals surface area (Å²) in [6.07, 6.45) is -1.36. The van der Waals surface area contributed by atoms with Gasteiger partial charge in [-0.25, -0.2) is 14.0 Å². The topological polar surface area (TPSA) is 63.6 Å². The highest BCUT2D eigenvalue weighted by Crippen LogP contribution is 2.19. The minimum absolute atomic E-state index is 0.0954. The van der Waals surface area contributed by atoms with Crippen LogP contribution in [0.1, 0.15) is 20.8 Å². The molecule has 0 aromatic heterocycles. The molecule has 5 heteroatoms. The van der Waals surface area contributed by atoms with Crippen molar-refractivity contribution in [3.8, 4) is 0 Å². The van der Waals surface area contributed by atoms with E-state index < -0.39 is 23.7 Å². The molecule has 0 saturated carbocycles. The van der Waals surface area contributed by atoms with Crippen LogP contribution in [-0.4, -0.2) is 28.8 Å². The molecule has 0 aliphatic rings. The summed E-state index contributed by atoms with van der Waals surface area (Å²) >= 11 is 0. The van der Waals surface area contributed by atoms with Gasteiger partial charge in [0.25, 0.3) is 0 Å². The highest BCUT2D eigenvalue weighted by atomic mass is 19.1. The molecule has 0 aromatic carbocycles. The summed E-state index contributed by atoms with van der Waals surface area (Å²) in [7, 11) is 0. The maximum atomic E-state index is 13.3. The maximum absolute atomic E-state index is 13.3. The van der Waals surface area contributed by atoms with E-state index in [-0.39, 0.29) is 5.57 Å². The number of alkyl halides is 1. The molecule has 80 valence electrons. The van der Waals surface area contributed by atoms with Crippen LogP contribution in [0.3, 0.4) is 0 Å². The van der Waals surface area contributed by atoms with Crippen LogP contribution in [0, 0.1) is 0 Å². The third-order valence-corrected chi connectivity index (χ3v) is 1.81. The van der Waals surface area contributed by atoms with Crippen LogP contribution in [-0.2, 0) is 14.3 Å². The smallest absolute Gasteiger partial charge is 0.345 e. The third kappa shape index (κ3) is 2.83. The van der Waals surface area contributed by atoms with Gasteiger partial charge >= 0.3 is 11.9 Å². The zero-order valence-corrected chi connectivity index (χ0v) is 8.33. The molecular formula is C9H13FO4. The molecule has 0 bridgehead atoms. The Morgan fingerprint density at radius 1 is 1.57 bits per heavy atom. The van der Waals surface area contributed by atoms with E-state index in [2.05, 4.69) is 11.3 Å². The zero-order chi connectivity index (χ0) is 11.5. The van der Waals surface area contributed by atoms with E-state index in [4.69, 9.17) is 5.11 Å². The molecule has 0 saturated heterocycles. The fourth-order valence-corrected chi connectivity index (χ4v) is 0.546. The Bertz CT molecular complexity index is 270. The minimum atomic E-state index is -2.59. The van der Waals surface area contributed by atoms with Crippen LogP contribution >= 0.6 is 0 Å². The van der Waals surface area contributed by atoms with Crippen LogP contribution in [0.15, 0.2) is 12.2 Å². The first-order valence-corrected chi connectivity index (χ1v) is 3.98. The third-order valence-electron chi connectivity index (χ3n) is 1.81. The Kier molecular flexibility index (Phi) is 3.80. The number of ether oxygens (including phenoxy) is 1. The summed E-state index contributed by atoms with van der Waals surface area (Å²) < 4.78 is 17.9. The van der Waals surface area contributed by atoms with E-state index >= 15 is 0 Å². The fraction of sp³-hybridized carbons (Fsp3) is 0.556. The summed E-state index contributed by atoms with van der Waals surface area (Å²) in [4.78, 5) is 21.4. The lowest BCUT2D eigenvalue weighted by Crippen LogP contribution is -2.43. The summed E-state index contributed by atoms with van der Waals surface area (Å²) in [6, 6.07) is 0. The highest BCUT2D eigenvalue weighted by molar-refractivity contribution is 5.87. The van der Waals surface area contributed by atoms with Gasteiger partial charge in [-0.05, 0) is 20.8 Å². The summed E-state index contributed by atoms with van der Waals surface area (Å²) in [5.41, 5.74) is -2.50. The first kappa shape index (κ1) is 12.6. The largest absolute Gasteiger partial charge is 0.479 e. The number of rotatable bonds is 4. The molecule has 0 fully saturated rings. The second-order valence-electron chi connectivity index (χ2n) is 3.21. The maximum Gasteiger partial charge on any atom is 0.345 e. The Morgan fingerprint density at radius 2 is 2.00 bits per heavy atom. The lowest BCUT2D eigenvalue weighted by Gasteiger charge is -2.23. The molecule has 2 atom stereocenters. The van der Waals surface area contributed by atoms with Crippen LogP contribution in [0.4, 0.5) is 4.39 Å². The predicted molar refractivity (Wildman–Crippen MR) is 47.5 cm³/mol. The molecule has 0 aliphatic heterocycles. The number of carboxylic acid groups (broad SMARTS) is 1. The molecule has 4 nitrogen and oxygen atoms in total. The van der Waals surface area contributed by atoms with Crippen molar-refractivity contribution in [1.29, 1.82) is 0 Å². The number of carboxylic acids is 1. The SMILES string of the molecule is C=C(C)C(=O)OC(C)C(C)(F)C(=O)O. The average Bonchev–Trinajstić information content (AvgIpc) is 2.03. The van der Waals surface area contributed by atoms with Crippen LogP contribution in [0.2, 0.25) is 0 Å². The van der Waals surface area contributed by atoms with E-state index in [1.165, 1.54) is 13.8 Å². The number of esters is 1. The Morgan fingerprint density at radius 3 is 2.29 bits per heavy atom. The molecule has 0 spiro atoms. The summed E-state index contributed by atoms with van der Waals surface area (Å²) in [6.45, 7) is 6.70. The van der Waals surface area contributed by atoms with Gasteiger partial charge in [0.05, 0.1) is 0 Å².